The number of aromatic nitrogens is 2. The fourth-order valence-electron chi connectivity index (χ4n) is 5.58. The number of nitrogens with zero attached hydrogens (tertiary/aromatic N) is 4. The number of amides is 2. The Hall–Kier alpha value is -2.93. The van der Waals surface area contributed by atoms with Gasteiger partial charge in [0.05, 0.1) is 31.0 Å². The lowest BCUT2D eigenvalue weighted by Crippen LogP contribution is -2.48. The second-order valence-corrected chi connectivity index (χ2v) is 8.72. The van der Waals surface area contributed by atoms with Gasteiger partial charge in [0.1, 0.15) is 5.60 Å². The van der Waals surface area contributed by atoms with Gasteiger partial charge in [0.2, 0.25) is 11.8 Å². The number of ether oxygens (including phenoxy) is 1. The largest absolute Gasteiger partial charge is 0.360 e. The van der Waals surface area contributed by atoms with E-state index < -0.39 is 17.4 Å². The van der Waals surface area contributed by atoms with E-state index in [1.165, 1.54) is 0 Å². The Morgan fingerprint density at radius 3 is 2.97 bits per heavy atom. The van der Waals surface area contributed by atoms with Crippen LogP contribution in [0.15, 0.2) is 55.0 Å². The molecule has 0 aromatic carbocycles. The van der Waals surface area contributed by atoms with Crippen LogP contribution in [0.2, 0.25) is 0 Å². The Bertz CT molecular complexity index is 1030. The average Bonchev–Trinajstić information content (AvgIpc) is 3.53. The molecule has 2 amide bonds. The summed E-state index contributed by atoms with van der Waals surface area (Å²) in [6.07, 6.45) is 10.1. The van der Waals surface area contributed by atoms with Crippen LogP contribution in [0.25, 0.3) is 0 Å². The van der Waals surface area contributed by atoms with Crippen molar-refractivity contribution in [3.63, 3.8) is 0 Å². The third kappa shape index (κ3) is 2.58. The van der Waals surface area contributed by atoms with E-state index in [4.69, 9.17) is 4.74 Å². The highest BCUT2D eigenvalue weighted by atomic mass is 16.5. The molecule has 0 radical (unpaired) electrons. The Morgan fingerprint density at radius 2 is 2.10 bits per heavy atom. The quantitative estimate of drug-likeness (QED) is 0.720. The van der Waals surface area contributed by atoms with Gasteiger partial charge in [-0.3, -0.25) is 14.6 Å². The summed E-state index contributed by atoms with van der Waals surface area (Å²) in [5.41, 5.74) is 1.65. The van der Waals surface area contributed by atoms with Gasteiger partial charge in [-0.2, -0.15) is 0 Å². The normalized spacial score (nSPS) is 31.3. The average molecular weight is 404 g/mol. The molecule has 0 N–H and O–H groups in total. The number of likely N-dealkylation sites (tertiary alicyclic amines) is 1. The molecule has 2 fully saturated rings. The third-order valence-electron chi connectivity index (χ3n) is 7.08. The predicted octanol–water partition coefficient (Wildman–Crippen LogP) is 1.25. The number of pyridine rings is 1. The van der Waals surface area contributed by atoms with E-state index in [-0.39, 0.29) is 17.9 Å². The SMILES string of the molecule is O=C([C@@H]1[C@@H]2C=C[C@@]3(CN(CCc4ccncc4)C(=O)[C@H]13)O2)N1CCn2cccc2C1. The molecule has 1 spiro atoms. The van der Waals surface area contributed by atoms with Crippen LogP contribution in [0.3, 0.4) is 0 Å². The summed E-state index contributed by atoms with van der Waals surface area (Å²) >= 11 is 0. The fourth-order valence-corrected chi connectivity index (χ4v) is 5.58. The molecule has 4 aliphatic rings. The number of carbonyl (C=O) groups is 2. The van der Waals surface area contributed by atoms with E-state index in [2.05, 4.69) is 21.8 Å². The third-order valence-corrected chi connectivity index (χ3v) is 7.08. The Labute approximate surface area is 174 Å². The van der Waals surface area contributed by atoms with Crippen LogP contribution in [0, 0.1) is 11.8 Å². The summed E-state index contributed by atoms with van der Waals surface area (Å²) in [6, 6.07) is 8.02. The Morgan fingerprint density at radius 1 is 1.23 bits per heavy atom. The minimum atomic E-state index is -0.643. The molecular formula is C23H24N4O3. The number of carbonyl (C=O) groups excluding carboxylic acids is 2. The first-order valence-corrected chi connectivity index (χ1v) is 10.6. The van der Waals surface area contributed by atoms with Crippen molar-refractivity contribution in [2.24, 2.45) is 11.8 Å². The van der Waals surface area contributed by atoms with Crippen LogP contribution < -0.4 is 0 Å². The lowest BCUT2D eigenvalue weighted by Gasteiger charge is -2.33. The topological polar surface area (TPSA) is 67.7 Å². The van der Waals surface area contributed by atoms with Crippen LogP contribution in [0.1, 0.15) is 11.3 Å². The van der Waals surface area contributed by atoms with Gasteiger partial charge in [-0.1, -0.05) is 12.2 Å². The maximum Gasteiger partial charge on any atom is 0.230 e. The van der Waals surface area contributed by atoms with Gasteiger partial charge in [0, 0.05) is 43.9 Å². The Balaban J connectivity index is 1.21. The molecule has 154 valence electrons. The molecule has 30 heavy (non-hydrogen) atoms. The lowest BCUT2D eigenvalue weighted by molar-refractivity contribution is -0.144. The first-order chi connectivity index (χ1) is 14.6. The second-order valence-electron chi connectivity index (χ2n) is 8.72. The monoisotopic (exact) mass is 404 g/mol. The number of hydrogen-bond acceptors (Lipinski definition) is 4. The van der Waals surface area contributed by atoms with Gasteiger partial charge >= 0.3 is 0 Å². The molecule has 2 bridgehead atoms. The first kappa shape index (κ1) is 17.9. The minimum absolute atomic E-state index is 0.0491. The van der Waals surface area contributed by atoms with E-state index in [0.29, 0.717) is 26.2 Å². The summed E-state index contributed by atoms with van der Waals surface area (Å²) < 4.78 is 8.46. The fraction of sp³-hybridized carbons (Fsp3) is 0.435. The molecule has 2 saturated heterocycles. The van der Waals surface area contributed by atoms with E-state index in [1.54, 1.807) is 12.4 Å². The molecule has 0 unspecified atom stereocenters. The van der Waals surface area contributed by atoms with Crippen molar-refractivity contribution >= 4 is 11.8 Å². The zero-order valence-corrected chi connectivity index (χ0v) is 16.7. The van der Waals surface area contributed by atoms with Crippen molar-refractivity contribution < 1.29 is 14.3 Å². The second kappa shape index (κ2) is 6.54. The van der Waals surface area contributed by atoms with Crippen LogP contribution in [0.4, 0.5) is 0 Å². The highest BCUT2D eigenvalue weighted by Crippen LogP contribution is 2.52. The van der Waals surface area contributed by atoms with Crippen molar-refractivity contribution in [1.29, 1.82) is 0 Å². The summed E-state index contributed by atoms with van der Waals surface area (Å²) in [7, 11) is 0. The van der Waals surface area contributed by atoms with Gasteiger partial charge in [0.25, 0.3) is 0 Å². The first-order valence-electron chi connectivity index (χ1n) is 10.6. The van der Waals surface area contributed by atoms with E-state index >= 15 is 0 Å². The van der Waals surface area contributed by atoms with Crippen LogP contribution in [0.5, 0.6) is 0 Å². The standard InChI is InChI=1S/C23H24N4O3/c28-21(26-13-12-25-10-1-2-17(25)14-26)19-18-3-7-23(30-18)15-27(22(29)20(19)23)11-6-16-4-8-24-9-5-16/h1-5,7-10,18-20H,6,11-15H2/t18-,19+,20-,23-/m0/s1. The highest BCUT2D eigenvalue weighted by Gasteiger charge is 2.67. The molecule has 6 heterocycles. The smallest absolute Gasteiger partial charge is 0.230 e. The summed E-state index contributed by atoms with van der Waals surface area (Å²) in [4.78, 5) is 34.7. The molecule has 6 rings (SSSR count). The van der Waals surface area contributed by atoms with Gasteiger partial charge in [-0.05, 0) is 36.2 Å². The zero-order chi connectivity index (χ0) is 20.3. The molecule has 4 atom stereocenters. The molecule has 0 saturated carbocycles. The van der Waals surface area contributed by atoms with E-state index in [1.807, 2.05) is 40.2 Å². The molecule has 7 nitrogen and oxygen atoms in total. The van der Waals surface area contributed by atoms with Crippen LogP contribution in [-0.2, 0) is 33.8 Å². The summed E-state index contributed by atoms with van der Waals surface area (Å²) in [5.74, 6) is -0.733. The number of hydrogen-bond donors (Lipinski definition) is 0. The van der Waals surface area contributed by atoms with Crippen molar-refractivity contribution in [2.75, 3.05) is 19.6 Å². The molecular weight excluding hydrogens is 380 g/mol. The van der Waals surface area contributed by atoms with Gasteiger partial charge < -0.3 is 19.1 Å². The molecule has 4 aliphatic heterocycles. The Kier molecular flexibility index (Phi) is 3.90. The summed E-state index contributed by atoms with van der Waals surface area (Å²) in [5, 5.41) is 0. The van der Waals surface area contributed by atoms with Crippen LogP contribution in [-0.4, -0.2) is 62.5 Å². The summed E-state index contributed by atoms with van der Waals surface area (Å²) in [6.45, 7) is 3.22. The van der Waals surface area contributed by atoms with Gasteiger partial charge in [0.15, 0.2) is 0 Å². The van der Waals surface area contributed by atoms with Gasteiger partial charge in [-0.15, -0.1) is 0 Å². The number of fused-ring (bicyclic) bond motifs is 2. The molecule has 7 heteroatoms. The molecule has 2 aromatic heterocycles. The zero-order valence-electron chi connectivity index (χ0n) is 16.7. The minimum Gasteiger partial charge on any atom is -0.360 e. The maximum atomic E-state index is 13.5. The van der Waals surface area contributed by atoms with Crippen molar-refractivity contribution in [3.05, 3.63) is 66.3 Å². The van der Waals surface area contributed by atoms with Crippen molar-refractivity contribution in [1.82, 2.24) is 19.4 Å². The molecule has 0 aliphatic carbocycles. The highest BCUT2D eigenvalue weighted by molar-refractivity contribution is 5.93. The van der Waals surface area contributed by atoms with Crippen LogP contribution >= 0.6 is 0 Å². The van der Waals surface area contributed by atoms with Gasteiger partial charge in [-0.25, -0.2) is 0 Å². The predicted molar refractivity (Wildman–Crippen MR) is 108 cm³/mol. The van der Waals surface area contributed by atoms with Crippen molar-refractivity contribution in [3.8, 4) is 0 Å². The van der Waals surface area contributed by atoms with E-state index in [9.17, 15) is 9.59 Å². The molecule has 2 aromatic rings. The van der Waals surface area contributed by atoms with E-state index in [0.717, 1.165) is 24.2 Å². The number of rotatable bonds is 4. The van der Waals surface area contributed by atoms with Crippen molar-refractivity contribution in [2.45, 2.75) is 31.2 Å². The maximum absolute atomic E-state index is 13.5. The lowest BCUT2D eigenvalue weighted by atomic mass is 9.76.